The van der Waals surface area contributed by atoms with E-state index in [0.29, 0.717) is 0 Å². The molecule has 0 bridgehead atoms. The first-order chi connectivity index (χ1) is 12.2. The Morgan fingerprint density at radius 2 is 1.77 bits per heavy atom. The standard InChI is InChI=1S/C16H12ClF4N5/c17-11-7-8(5-6-12(11)18)26-13(24-14(22)25-15(26)23)9-3-1-2-4-10(9)16(19,20)21/h1-7,13H,(H4,22,23,24,25)/t13-/m1/s1. The Balaban J connectivity index is 2.18. The summed E-state index contributed by atoms with van der Waals surface area (Å²) in [5.74, 6) is -1.14. The molecular weight excluding hydrogens is 374 g/mol. The quantitative estimate of drug-likeness (QED) is 0.774. The molecular formula is C16H12ClF4N5. The van der Waals surface area contributed by atoms with Gasteiger partial charge in [0.05, 0.1) is 10.6 Å². The molecule has 10 heteroatoms. The number of alkyl halides is 3. The van der Waals surface area contributed by atoms with Gasteiger partial charge >= 0.3 is 6.18 Å². The molecule has 5 nitrogen and oxygen atoms in total. The number of guanidine groups is 2. The van der Waals surface area contributed by atoms with Crippen LogP contribution in [0.15, 0.2) is 52.4 Å². The number of hydrogen-bond acceptors (Lipinski definition) is 5. The number of benzene rings is 2. The molecule has 0 spiro atoms. The number of anilines is 1. The molecule has 2 aromatic carbocycles. The van der Waals surface area contributed by atoms with Gasteiger partial charge in [-0.2, -0.15) is 18.2 Å². The summed E-state index contributed by atoms with van der Waals surface area (Å²) in [6, 6.07) is 8.50. The van der Waals surface area contributed by atoms with Crippen molar-refractivity contribution in [3.8, 4) is 0 Å². The van der Waals surface area contributed by atoms with Crippen LogP contribution in [0.1, 0.15) is 17.3 Å². The zero-order valence-electron chi connectivity index (χ0n) is 13.0. The van der Waals surface area contributed by atoms with Gasteiger partial charge < -0.3 is 11.5 Å². The Morgan fingerprint density at radius 3 is 2.42 bits per heavy atom. The van der Waals surface area contributed by atoms with E-state index >= 15 is 0 Å². The van der Waals surface area contributed by atoms with Crippen LogP contribution in [0.3, 0.4) is 0 Å². The van der Waals surface area contributed by atoms with E-state index < -0.39 is 23.7 Å². The summed E-state index contributed by atoms with van der Waals surface area (Å²) in [6.45, 7) is 0. The van der Waals surface area contributed by atoms with Gasteiger partial charge in [-0.05, 0) is 24.3 Å². The lowest BCUT2D eigenvalue weighted by molar-refractivity contribution is -0.138. The molecule has 26 heavy (non-hydrogen) atoms. The summed E-state index contributed by atoms with van der Waals surface area (Å²) >= 11 is 5.78. The molecule has 0 aliphatic carbocycles. The van der Waals surface area contributed by atoms with Crippen LogP contribution >= 0.6 is 11.6 Å². The van der Waals surface area contributed by atoms with Gasteiger partial charge in [-0.15, -0.1) is 0 Å². The van der Waals surface area contributed by atoms with Gasteiger partial charge in [0, 0.05) is 11.3 Å². The molecule has 1 atom stereocenters. The molecule has 0 saturated heterocycles. The number of aliphatic imine (C=N–C) groups is 2. The van der Waals surface area contributed by atoms with Gasteiger partial charge in [0.15, 0.2) is 6.17 Å². The van der Waals surface area contributed by atoms with Crippen LogP contribution in [0.5, 0.6) is 0 Å². The second-order valence-corrected chi connectivity index (χ2v) is 5.79. The van der Waals surface area contributed by atoms with Gasteiger partial charge in [-0.25, -0.2) is 9.38 Å². The first kappa shape index (κ1) is 18.0. The molecule has 3 rings (SSSR count). The summed E-state index contributed by atoms with van der Waals surface area (Å²) in [6.07, 6.45) is -5.86. The Morgan fingerprint density at radius 1 is 1.08 bits per heavy atom. The third-order valence-corrected chi connectivity index (χ3v) is 3.99. The molecule has 0 saturated carbocycles. The van der Waals surface area contributed by atoms with E-state index in [1.54, 1.807) is 0 Å². The molecule has 0 aromatic heterocycles. The number of nitrogens with zero attached hydrogens (tertiary/aromatic N) is 3. The smallest absolute Gasteiger partial charge is 0.369 e. The highest BCUT2D eigenvalue weighted by Crippen LogP contribution is 2.39. The van der Waals surface area contributed by atoms with Crippen LogP contribution in [-0.4, -0.2) is 11.9 Å². The lowest BCUT2D eigenvalue weighted by Crippen LogP contribution is -2.44. The van der Waals surface area contributed by atoms with Crippen LogP contribution in [0.4, 0.5) is 23.2 Å². The molecule has 0 unspecified atom stereocenters. The fraction of sp³-hybridized carbons (Fsp3) is 0.125. The molecule has 2 aromatic rings. The normalized spacial score (nSPS) is 17.7. The summed E-state index contributed by atoms with van der Waals surface area (Å²) in [5, 5.41) is -0.222. The second-order valence-electron chi connectivity index (χ2n) is 5.38. The van der Waals surface area contributed by atoms with Crippen molar-refractivity contribution >= 4 is 29.2 Å². The van der Waals surface area contributed by atoms with Crippen LogP contribution in [0.2, 0.25) is 5.02 Å². The molecule has 1 aliphatic heterocycles. The Labute approximate surface area is 150 Å². The molecule has 0 amide bonds. The molecule has 136 valence electrons. The Bertz CT molecular complexity index is 910. The zero-order chi connectivity index (χ0) is 19.1. The highest BCUT2D eigenvalue weighted by molar-refractivity contribution is 6.31. The maximum atomic E-state index is 13.5. The van der Waals surface area contributed by atoms with Gasteiger partial charge in [-0.1, -0.05) is 29.8 Å². The number of hydrogen-bond donors (Lipinski definition) is 2. The van der Waals surface area contributed by atoms with Crippen molar-refractivity contribution in [2.75, 3.05) is 4.90 Å². The summed E-state index contributed by atoms with van der Waals surface area (Å²) in [5.41, 5.74) is 10.6. The van der Waals surface area contributed by atoms with Crippen molar-refractivity contribution in [1.29, 1.82) is 0 Å². The van der Waals surface area contributed by atoms with Crippen LogP contribution < -0.4 is 16.4 Å². The van der Waals surface area contributed by atoms with E-state index in [4.69, 9.17) is 23.1 Å². The number of nitrogens with two attached hydrogens (primary N) is 2. The lowest BCUT2D eigenvalue weighted by Gasteiger charge is -2.34. The molecule has 1 heterocycles. The van der Waals surface area contributed by atoms with Crippen molar-refractivity contribution < 1.29 is 17.6 Å². The van der Waals surface area contributed by atoms with Crippen LogP contribution in [-0.2, 0) is 6.18 Å². The van der Waals surface area contributed by atoms with Gasteiger partial charge in [-0.3, -0.25) is 4.90 Å². The lowest BCUT2D eigenvalue weighted by atomic mass is 10.0. The monoisotopic (exact) mass is 385 g/mol. The van der Waals surface area contributed by atoms with E-state index in [0.717, 1.165) is 12.1 Å². The minimum atomic E-state index is -4.61. The first-order valence-corrected chi connectivity index (χ1v) is 7.64. The van der Waals surface area contributed by atoms with Crippen molar-refractivity contribution in [2.24, 2.45) is 21.5 Å². The van der Waals surface area contributed by atoms with Gasteiger partial charge in [0.25, 0.3) is 0 Å². The summed E-state index contributed by atoms with van der Waals surface area (Å²) in [7, 11) is 0. The fourth-order valence-electron chi connectivity index (χ4n) is 2.61. The Hall–Kier alpha value is -2.81. The molecule has 0 radical (unpaired) electrons. The van der Waals surface area contributed by atoms with Crippen molar-refractivity contribution in [3.05, 3.63) is 64.4 Å². The third kappa shape index (κ3) is 3.30. The van der Waals surface area contributed by atoms with Gasteiger partial charge in [0.1, 0.15) is 5.82 Å². The van der Waals surface area contributed by atoms with Crippen LogP contribution in [0.25, 0.3) is 0 Å². The second kappa shape index (κ2) is 6.49. The first-order valence-electron chi connectivity index (χ1n) is 7.26. The fourth-order valence-corrected chi connectivity index (χ4v) is 2.78. The van der Waals surface area contributed by atoms with E-state index in [1.807, 2.05) is 0 Å². The highest BCUT2D eigenvalue weighted by atomic mass is 35.5. The predicted molar refractivity (Wildman–Crippen MR) is 91.3 cm³/mol. The van der Waals surface area contributed by atoms with E-state index in [-0.39, 0.29) is 28.2 Å². The SMILES string of the molecule is NC1=N[C@@H](c2ccccc2C(F)(F)F)N(c2ccc(F)c(Cl)c2)C(N)=N1. The highest BCUT2D eigenvalue weighted by Gasteiger charge is 2.38. The largest absolute Gasteiger partial charge is 0.416 e. The van der Waals surface area contributed by atoms with E-state index in [1.165, 1.54) is 35.2 Å². The van der Waals surface area contributed by atoms with Crippen molar-refractivity contribution in [2.45, 2.75) is 12.3 Å². The van der Waals surface area contributed by atoms with Crippen LogP contribution in [0, 0.1) is 5.82 Å². The molecule has 4 N–H and O–H groups in total. The molecule has 1 aliphatic rings. The zero-order valence-corrected chi connectivity index (χ0v) is 13.8. The maximum absolute atomic E-state index is 13.5. The average molecular weight is 386 g/mol. The third-order valence-electron chi connectivity index (χ3n) is 3.70. The average Bonchev–Trinajstić information content (AvgIpc) is 2.56. The number of halogens is 5. The summed E-state index contributed by atoms with van der Waals surface area (Å²) < 4.78 is 53.7. The van der Waals surface area contributed by atoms with Gasteiger partial charge in [0.2, 0.25) is 11.9 Å². The minimum absolute atomic E-state index is 0.179. The van der Waals surface area contributed by atoms with E-state index in [2.05, 4.69) is 9.98 Å². The topological polar surface area (TPSA) is 80.0 Å². The summed E-state index contributed by atoms with van der Waals surface area (Å²) in [4.78, 5) is 8.99. The van der Waals surface area contributed by atoms with Crippen molar-refractivity contribution in [3.63, 3.8) is 0 Å². The number of rotatable bonds is 2. The van der Waals surface area contributed by atoms with Crippen molar-refractivity contribution in [1.82, 2.24) is 0 Å². The maximum Gasteiger partial charge on any atom is 0.416 e. The minimum Gasteiger partial charge on any atom is -0.369 e. The molecule has 0 fully saturated rings. The Kier molecular flexibility index (Phi) is 4.49. The predicted octanol–water partition coefficient (Wildman–Crippen LogP) is 3.65. The van der Waals surface area contributed by atoms with E-state index in [9.17, 15) is 17.6 Å².